The van der Waals surface area contributed by atoms with Gasteiger partial charge >= 0.3 is 0 Å². The van der Waals surface area contributed by atoms with Gasteiger partial charge in [-0.15, -0.1) is 0 Å². The molecule has 100 valence electrons. The van der Waals surface area contributed by atoms with E-state index in [9.17, 15) is 0 Å². The minimum absolute atomic E-state index is 0.769. The quantitative estimate of drug-likeness (QED) is 0.794. The molecule has 0 spiro atoms. The van der Waals surface area contributed by atoms with E-state index in [-0.39, 0.29) is 0 Å². The lowest BCUT2D eigenvalue weighted by Crippen LogP contribution is -2.17. The van der Waals surface area contributed by atoms with Crippen molar-refractivity contribution >= 4 is 0 Å². The summed E-state index contributed by atoms with van der Waals surface area (Å²) in [5.41, 5.74) is 3.02. The number of rotatable bonds is 6. The molecule has 2 rings (SSSR count). The summed E-state index contributed by atoms with van der Waals surface area (Å²) in [5.74, 6) is 1.69. The molecule has 1 aromatic rings. The van der Waals surface area contributed by atoms with Crippen molar-refractivity contribution in [2.75, 3.05) is 13.6 Å². The summed E-state index contributed by atoms with van der Waals surface area (Å²) < 4.78 is 0. The van der Waals surface area contributed by atoms with E-state index >= 15 is 0 Å². The average Bonchev–Trinajstić information content (AvgIpc) is 2.94. The van der Waals surface area contributed by atoms with Crippen molar-refractivity contribution in [2.45, 2.75) is 51.4 Å². The molecule has 0 radical (unpaired) electrons. The first kappa shape index (κ1) is 13.6. The maximum absolute atomic E-state index is 3.31. The van der Waals surface area contributed by atoms with E-state index in [0.717, 1.165) is 24.8 Å². The number of nitrogens with one attached hydrogen (secondary N) is 1. The van der Waals surface area contributed by atoms with Crippen LogP contribution in [-0.4, -0.2) is 13.6 Å². The Balaban J connectivity index is 2.10. The zero-order chi connectivity index (χ0) is 12.8. The van der Waals surface area contributed by atoms with Crippen LogP contribution in [0.1, 0.15) is 56.1 Å². The lowest BCUT2D eigenvalue weighted by Gasteiger charge is -2.24. The van der Waals surface area contributed by atoms with Crippen molar-refractivity contribution in [2.24, 2.45) is 5.92 Å². The molecule has 1 saturated carbocycles. The molecular weight excluding hydrogens is 218 g/mol. The standard InChI is InChI=1S/C17H27N/c1-3-14-8-10-16(11-9-14)17(12-13-18-2)15-6-4-5-7-15/h8-11,15,17-18H,3-7,12-13H2,1-2H3. The van der Waals surface area contributed by atoms with E-state index in [1.165, 1.54) is 37.7 Å². The van der Waals surface area contributed by atoms with Gasteiger partial charge in [0.15, 0.2) is 0 Å². The maximum Gasteiger partial charge on any atom is -0.00460 e. The SMILES string of the molecule is CCc1ccc(C(CCNC)C2CCCC2)cc1. The molecule has 1 unspecified atom stereocenters. The molecule has 0 saturated heterocycles. The fourth-order valence-corrected chi connectivity index (χ4v) is 3.33. The molecule has 0 heterocycles. The Hall–Kier alpha value is -0.820. The van der Waals surface area contributed by atoms with E-state index in [4.69, 9.17) is 0 Å². The summed E-state index contributed by atoms with van der Waals surface area (Å²) in [6.07, 6.45) is 8.17. The third kappa shape index (κ3) is 3.35. The lowest BCUT2D eigenvalue weighted by atomic mass is 9.82. The van der Waals surface area contributed by atoms with Crippen LogP contribution in [0, 0.1) is 5.92 Å². The molecule has 0 amide bonds. The van der Waals surface area contributed by atoms with Gasteiger partial charge in [0.2, 0.25) is 0 Å². The predicted molar refractivity (Wildman–Crippen MR) is 79.1 cm³/mol. The minimum Gasteiger partial charge on any atom is -0.320 e. The van der Waals surface area contributed by atoms with Gasteiger partial charge in [-0.25, -0.2) is 0 Å². The van der Waals surface area contributed by atoms with E-state index in [2.05, 4.69) is 43.6 Å². The Kier molecular flexibility index (Phi) is 5.25. The monoisotopic (exact) mass is 245 g/mol. The molecule has 1 nitrogen and oxygen atoms in total. The van der Waals surface area contributed by atoms with E-state index in [1.54, 1.807) is 5.56 Å². The molecule has 0 aliphatic heterocycles. The molecule has 1 heteroatoms. The van der Waals surface area contributed by atoms with Gasteiger partial charge in [-0.3, -0.25) is 0 Å². The van der Waals surface area contributed by atoms with Crippen LogP contribution in [0.5, 0.6) is 0 Å². The highest BCUT2D eigenvalue weighted by Crippen LogP contribution is 2.39. The Bertz CT molecular complexity index is 335. The van der Waals surface area contributed by atoms with Crippen molar-refractivity contribution in [1.82, 2.24) is 5.32 Å². The van der Waals surface area contributed by atoms with Gasteiger partial charge in [0.25, 0.3) is 0 Å². The second kappa shape index (κ2) is 6.94. The fraction of sp³-hybridized carbons (Fsp3) is 0.647. The van der Waals surface area contributed by atoms with Crippen LogP contribution in [-0.2, 0) is 6.42 Å². The highest BCUT2D eigenvalue weighted by atomic mass is 14.8. The molecule has 18 heavy (non-hydrogen) atoms. The van der Waals surface area contributed by atoms with Crippen LogP contribution < -0.4 is 5.32 Å². The van der Waals surface area contributed by atoms with Gasteiger partial charge in [0.1, 0.15) is 0 Å². The predicted octanol–water partition coefficient (Wildman–Crippen LogP) is 4.13. The summed E-state index contributed by atoms with van der Waals surface area (Å²) in [7, 11) is 2.06. The second-order valence-corrected chi connectivity index (χ2v) is 5.64. The van der Waals surface area contributed by atoms with Crippen molar-refractivity contribution in [1.29, 1.82) is 0 Å². The third-order valence-corrected chi connectivity index (χ3v) is 4.49. The summed E-state index contributed by atoms with van der Waals surface area (Å²) in [4.78, 5) is 0. The summed E-state index contributed by atoms with van der Waals surface area (Å²) in [6, 6.07) is 9.38. The number of hydrogen-bond donors (Lipinski definition) is 1. The molecule has 1 aromatic carbocycles. The minimum atomic E-state index is 0.769. The number of benzene rings is 1. The van der Waals surface area contributed by atoms with Crippen LogP contribution in [0.4, 0.5) is 0 Å². The summed E-state index contributed by atoms with van der Waals surface area (Å²) >= 11 is 0. The van der Waals surface area contributed by atoms with E-state index in [1.807, 2.05) is 0 Å². The Morgan fingerprint density at radius 1 is 1.17 bits per heavy atom. The third-order valence-electron chi connectivity index (χ3n) is 4.49. The van der Waals surface area contributed by atoms with Gasteiger partial charge in [-0.2, -0.15) is 0 Å². The maximum atomic E-state index is 3.31. The van der Waals surface area contributed by atoms with Gasteiger partial charge in [-0.05, 0) is 62.2 Å². The van der Waals surface area contributed by atoms with Gasteiger partial charge in [0.05, 0.1) is 0 Å². The van der Waals surface area contributed by atoms with Crippen molar-refractivity contribution in [3.63, 3.8) is 0 Å². The van der Waals surface area contributed by atoms with Crippen LogP contribution >= 0.6 is 0 Å². The van der Waals surface area contributed by atoms with E-state index in [0.29, 0.717) is 0 Å². The van der Waals surface area contributed by atoms with Crippen LogP contribution in [0.25, 0.3) is 0 Å². The van der Waals surface area contributed by atoms with Crippen LogP contribution in [0.15, 0.2) is 24.3 Å². The fourth-order valence-electron chi connectivity index (χ4n) is 3.33. The molecule has 1 atom stereocenters. The van der Waals surface area contributed by atoms with Crippen molar-refractivity contribution < 1.29 is 0 Å². The second-order valence-electron chi connectivity index (χ2n) is 5.64. The van der Waals surface area contributed by atoms with Gasteiger partial charge in [-0.1, -0.05) is 44.0 Å². The number of hydrogen-bond acceptors (Lipinski definition) is 1. The zero-order valence-electron chi connectivity index (χ0n) is 11.9. The first-order chi connectivity index (χ1) is 8.85. The Labute approximate surface area is 112 Å². The zero-order valence-corrected chi connectivity index (χ0v) is 11.9. The van der Waals surface area contributed by atoms with Gasteiger partial charge in [0, 0.05) is 0 Å². The van der Waals surface area contributed by atoms with Crippen molar-refractivity contribution in [3.8, 4) is 0 Å². The smallest absolute Gasteiger partial charge is 0.00460 e. The highest BCUT2D eigenvalue weighted by molar-refractivity contribution is 5.26. The van der Waals surface area contributed by atoms with Crippen molar-refractivity contribution in [3.05, 3.63) is 35.4 Å². The highest BCUT2D eigenvalue weighted by Gasteiger charge is 2.25. The Morgan fingerprint density at radius 2 is 1.83 bits per heavy atom. The first-order valence-electron chi connectivity index (χ1n) is 7.58. The lowest BCUT2D eigenvalue weighted by molar-refractivity contribution is 0.407. The largest absolute Gasteiger partial charge is 0.320 e. The molecule has 1 N–H and O–H groups in total. The van der Waals surface area contributed by atoms with Crippen LogP contribution in [0.3, 0.4) is 0 Å². The van der Waals surface area contributed by atoms with Crippen LogP contribution in [0.2, 0.25) is 0 Å². The van der Waals surface area contributed by atoms with E-state index < -0.39 is 0 Å². The Morgan fingerprint density at radius 3 is 2.39 bits per heavy atom. The molecule has 1 fully saturated rings. The molecular formula is C17H27N. The van der Waals surface area contributed by atoms with Gasteiger partial charge < -0.3 is 5.32 Å². The first-order valence-corrected chi connectivity index (χ1v) is 7.58. The topological polar surface area (TPSA) is 12.0 Å². The molecule has 0 bridgehead atoms. The molecule has 1 aliphatic carbocycles. The normalized spacial score (nSPS) is 18.1. The summed E-state index contributed by atoms with van der Waals surface area (Å²) in [5, 5.41) is 3.31. The average molecular weight is 245 g/mol. The number of aryl methyl sites for hydroxylation is 1. The molecule has 0 aromatic heterocycles. The molecule has 1 aliphatic rings. The summed E-state index contributed by atoms with van der Waals surface area (Å²) in [6.45, 7) is 3.36.